The van der Waals surface area contributed by atoms with Gasteiger partial charge in [0, 0.05) is 43.9 Å². The normalized spacial score (nSPS) is 28.2. The standard InChI is InChI=1S/C17H22ClFN4O/c1-17(2-4-24-5-3-17)10-23-14-6-11(8-22-16(14)18)12-7-15(20)21-9-13(12)19/h7-9,11,16H,2-6,10H2,1H3,(H2,20,21). The van der Waals surface area contributed by atoms with Crippen LogP contribution in [0, 0.1) is 11.2 Å². The van der Waals surface area contributed by atoms with Crippen LogP contribution in [0.5, 0.6) is 0 Å². The Labute approximate surface area is 146 Å². The van der Waals surface area contributed by atoms with Crippen molar-refractivity contribution in [1.82, 2.24) is 4.98 Å². The van der Waals surface area contributed by atoms with Crippen LogP contribution in [0.25, 0.3) is 0 Å². The Morgan fingerprint density at radius 1 is 1.46 bits per heavy atom. The Bertz CT molecular complexity index is 658. The van der Waals surface area contributed by atoms with Gasteiger partial charge in [-0.25, -0.2) is 9.37 Å². The van der Waals surface area contributed by atoms with Gasteiger partial charge in [0.05, 0.1) is 11.9 Å². The van der Waals surface area contributed by atoms with Gasteiger partial charge in [0.25, 0.3) is 0 Å². The Morgan fingerprint density at radius 2 is 2.21 bits per heavy atom. The Balaban J connectivity index is 1.76. The molecule has 7 heteroatoms. The van der Waals surface area contributed by atoms with E-state index in [0.717, 1.165) is 38.0 Å². The molecule has 130 valence electrons. The Kier molecular flexibility index (Phi) is 5.15. The molecule has 1 aromatic rings. The summed E-state index contributed by atoms with van der Waals surface area (Å²) in [6.07, 6.45) is 5.35. The van der Waals surface area contributed by atoms with Crippen molar-refractivity contribution in [1.29, 1.82) is 0 Å². The van der Waals surface area contributed by atoms with E-state index < -0.39 is 5.50 Å². The Hall–Kier alpha value is -1.53. The number of halogens is 2. The topological polar surface area (TPSA) is 72.9 Å². The summed E-state index contributed by atoms with van der Waals surface area (Å²) >= 11 is 6.29. The number of rotatable bonds is 3. The number of nitrogens with two attached hydrogens (primary N) is 1. The highest BCUT2D eigenvalue weighted by Crippen LogP contribution is 2.32. The molecule has 0 aliphatic carbocycles. The molecule has 2 unspecified atom stereocenters. The average molecular weight is 353 g/mol. The first-order valence-electron chi connectivity index (χ1n) is 8.16. The molecule has 24 heavy (non-hydrogen) atoms. The zero-order valence-corrected chi connectivity index (χ0v) is 14.5. The molecule has 2 atom stereocenters. The van der Waals surface area contributed by atoms with Crippen molar-refractivity contribution in [2.75, 3.05) is 25.5 Å². The van der Waals surface area contributed by atoms with E-state index in [0.29, 0.717) is 24.3 Å². The fraction of sp³-hybridized carbons (Fsp3) is 0.588. The molecule has 2 N–H and O–H groups in total. The third kappa shape index (κ3) is 3.92. The van der Waals surface area contributed by atoms with E-state index in [9.17, 15) is 4.39 Å². The van der Waals surface area contributed by atoms with E-state index in [2.05, 4.69) is 16.9 Å². The molecule has 2 aliphatic heterocycles. The zero-order valence-electron chi connectivity index (χ0n) is 13.7. The lowest BCUT2D eigenvalue weighted by Crippen LogP contribution is -2.31. The van der Waals surface area contributed by atoms with Crippen LogP contribution in [0.4, 0.5) is 10.2 Å². The lowest BCUT2D eigenvalue weighted by molar-refractivity contribution is 0.0283. The summed E-state index contributed by atoms with van der Waals surface area (Å²) in [5.41, 5.74) is 6.61. The van der Waals surface area contributed by atoms with Crippen LogP contribution in [0.1, 0.15) is 37.7 Å². The molecular formula is C17H22ClFN4O. The average Bonchev–Trinajstić information content (AvgIpc) is 2.57. The number of ether oxygens (including phenoxy) is 1. The van der Waals surface area contributed by atoms with Gasteiger partial charge < -0.3 is 10.5 Å². The largest absolute Gasteiger partial charge is 0.384 e. The highest BCUT2D eigenvalue weighted by Gasteiger charge is 2.29. The predicted octanol–water partition coefficient (Wildman–Crippen LogP) is 3.18. The van der Waals surface area contributed by atoms with E-state index in [1.165, 1.54) is 0 Å². The number of aromatic nitrogens is 1. The van der Waals surface area contributed by atoms with E-state index in [1.807, 2.05) is 0 Å². The van der Waals surface area contributed by atoms with E-state index in [4.69, 9.17) is 27.1 Å². The molecule has 2 aliphatic rings. The summed E-state index contributed by atoms with van der Waals surface area (Å²) < 4.78 is 19.5. The number of hydrogen-bond donors (Lipinski definition) is 1. The molecule has 3 heterocycles. The molecule has 0 saturated carbocycles. The van der Waals surface area contributed by atoms with Crippen LogP contribution in [0.2, 0.25) is 0 Å². The number of anilines is 1. The van der Waals surface area contributed by atoms with Crippen molar-refractivity contribution in [3.8, 4) is 0 Å². The minimum absolute atomic E-state index is 0.130. The van der Waals surface area contributed by atoms with Crippen molar-refractivity contribution < 1.29 is 9.13 Å². The first-order chi connectivity index (χ1) is 11.5. The van der Waals surface area contributed by atoms with Crippen molar-refractivity contribution in [3.05, 3.63) is 23.6 Å². The molecule has 1 saturated heterocycles. The third-order valence-corrected chi connectivity index (χ3v) is 5.13. The number of alkyl halides is 1. The third-order valence-electron chi connectivity index (χ3n) is 4.77. The number of nitrogen functional groups attached to an aromatic ring is 1. The zero-order chi connectivity index (χ0) is 17.2. The van der Waals surface area contributed by atoms with E-state index in [1.54, 1.807) is 12.3 Å². The maximum atomic E-state index is 14.0. The molecule has 0 radical (unpaired) electrons. The quantitative estimate of drug-likeness (QED) is 0.670. The lowest BCUT2D eigenvalue weighted by Gasteiger charge is -2.32. The molecular weight excluding hydrogens is 331 g/mol. The van der Waals surface area contributed by atoms with Crippen LogP contribution in [-0.2, 0) is 4.74 Å². The van der Waals surface area contributed by atoms with Crippen molar-refractivity contribution in [3.63, 3.8) is 0 Å². The molecule has 0 amide bonds. The van der Waals surface area contributed by atoms with Gasteiger partial charge in [0.1, 0.15) is 11.6 Å². The Morgan fingerprint density at radius 3 is 2.96 bits per heavy atom. The minimum Gasteiger partial charge on any atom is -0.384 e. The van der Waals surface area contributed by atoms with Crippen LogP contribution in [0.3, 0.4) is 0 Å². The van der Waals surface area contributed by atoms with E-state index in [-0.39, 0.29) is 17.2 Å². The van der Waals surface area contributed by atoms with Crippen molar-refractivity contribution in [2.45, 2.75) is 37.6 Å². The number of nitrogens with zero attached hydrogens (tertiary/aromatic N) is 3. The first kappa shape index (κ1) is 17.3. The van der Waals surface area contributed by atoms with Crippen LogP contribution < -0.4 is 5.73 Å². The molecule has 1 fully saturated rings. The number of hydrogen-bond acceptors (Lipinski definition) is 5. The summed E-state index contributed by atoms with van der Waals surface area (Å²) in [7, 11) is 0. The van der Waals surface area contributed by atoms with Crippen LogP contribution in [0.15, 0.2) is 22.2 Å². The van der Waals surface area contributed by atoms with Gasteiger partial charge in [-0.3, -0.25) is 9.98 Å². The minimum atomic E-state index is -0.480. The molecule has 1 aromatic heterocycles. The highest BCUT2D eigenvalue weighted by molar-refractivity contribution is 6.33. The van der Waals surface area contributed by atoms with Gasteiger partial charge in [-0.1, -0.05) is 18.5 Å². The molecule has 0 aromatic carbocycles. The summed E-state index contributed by atoms with van der Waals surface area (Å²) in [4.78, 5) is 12.8. The van der Waals surface area contributed by atoms with Gasteiger partial charge in [-0.2, -0.15) is 0 Å². The van der Waals surface area contributed by atoms with Crippen LogP contribution >= 0.6 is 11.6 Å². The second kappa shape index (κ2) is 7.15. The van der Waals surface area contributed by atoms with Gasteiger partial charge in [0.15, 0.2) is 5.50 Å². The summed E-state index contributed by atoms with van der Waals surface area (Å²) in [5, 5.41) is 0. The molecule has 0 bridgehead atoms. The first-order valence-corrected chi connectivity index (χ1v) is 8.60. The maximum Gasteiger partial charge on any atom is 0.160 e. The molecule has 5 nitrogen and oxygen atoms in total. The molecule has 3 rings (SSSR count). The summed E-state index contributed by atoms with van der Waals surface area (Å²) in [5.74, 6) is -0.308. The predicted molar refractivity (Wildman–Crippen MR) is 94.6 cm³/mol. The number of pyridine rings is 1. The van der Waals surface area contributed by atoms with E-state index >= 15 is 0 Å². The monoisotopic (exact) mass is 352 g/mol. The second-order valence-electron chi connectivity index (χ2n) is 6.81. The van der Waals surface area contributed by atoms with Crippen LogP contribution in [-0.4, -0.2) is 42.2 Å². The van der Waals surface area contributed by atoms with Gasteiger partial charge >= 0.3 is 0 Å². The SMILES string of the molecule is CC1(CN=C2CC(c3cc(N)ncc3F)C=NC2Cl)CCOCC1. The summed E-state index contributed by atoms with van der Waals surface area (Å²) in [6.45, 7) is 4.45. The van der Waals surface area contributed by atoms with Gasteiger partial charge in [0.2, 0.25) is 0 Å². The van der Waals surface area contributed by atoms with Crippen molar-refractivity contribution >= 4 is 29.3 Å². The fourth-order valence-electron chi connectivity index (χ4n) is 3.04. The maximum absolute atomic E-state index is 14.0. The number of aliphatic imine (C=N–C) groups is 2. The highest BCUT2D eigenvalue weighted by atomic mass is 35.5. The van der Waals surface area contributed by atoms with Gasteiger partial charge in [-0.15, -0.1) is 0 Å². The van der Waals surface area contributed by atoms with Crippen molar-refractivity contribution in [2.24, 2.45) is 15.4 Å². The molecule has 0 spiro atoms. The summed E-state index contributed by atoms with van der Waals surface area (Å²) in [6, 6.07) is 1.55. The fourth-order valence-corrected chi connectivity index (χ4v) is 3.26. The lowest BCUT2D eigenvalue weighted by atomic mass is 9.82. The second-order valence-corrected chi connectivity index (χ2v) is 7.22. The smallest absolute Gasteiger partial charge is 0.160 e. The van der Waals surface area contributed by atoms with Gasteiger partial charge in [-0.05, 0) is 24.3 Å².